The van der Waals surface area contributed by atoms with Gasteiger partial charge in [0.2, 0.25) is 0 Å². The molecule has 2 unspecified atom stereocenters. The highest BCUT2D eigenvalue weighted by Crippen LogP contribution is 2.33. The molecule has 6 nitrogen and oxygen atoms in total. The number of ketones is 1. The summed E-state index contributed by atoms with van der Waals surface area (Å²) in [6.07, 6.45) is 3.41. The summed E-state index contributed by atoms with van der Waals surface area (Å²) in [6, 6.07) is 5.39. The van der Waals surface area contributed by atoms with Gasteiger partial charge in [-0.25, -0.2) is 4.79 Å². The van der Waals surface area contributed by atoms with Crippen LogP contribution in [0, 0.1) is 11.8 Å². The molecule has 148 valence electrons. The van der Waals surface area contributed by atoms with Gasteiger partial charge in [0.15, 0.2) is 5.78 Å². The quantitative estimate of drug-likeness (QED) is 0.705. The van der Waals surface area contributed by atoms with E-state index >= 15 is 0 Å². The minimum absolute atomic E-state index is 0.00680. The van der Waals surface area contributed by atoms with E-state index in [0.717, 1.165) is 30.2 Å². The van der Waals surface area contributed by atoms with Crippen LogP contribution in [0.15, 0.2) is 30.6 Å². The van der Waals surface area contributed by atoms with E-state index in [1.54, 1.807) is 13.0 Å². The van der Waals surface area contributed by atoms with Gasteiger partial charge in [-0.2, -0.15) is 9.78 Å². The van der Waals surface area contributed by atoms with E-state index < -0.39 is 0 Å². The Labute approximate surface area is 174 Å². The number of likely N-dealkylation sites (tertiary alicyclic amines) is 2. The Bertz CT molecular complexity index is 899. The van der Waals surface area contributed by atoms with Crippen molar-refractivity contribution in [3.8, 4) is 0 Å². The number of fused-ring (bicyclic) bond motifs is 1. The Morgan fingerprint density at radius 1 is 1.14 bits per heavy atom. The molecular weight excluding hydrogens is 399 g/mol. The first-order valence-electron chi connectivity index (χ1n) is 9.48. The zero-order valence-corrected chi connectivity index (χ0v) is 17.2. The summed E-state index contributed by atoms with van der Waals surface area (Å²) in [5, 5.41) is 5.50. The van der Waals surface area contributed by atoms with Gasteiger partial charge in [-0.1, -0.05) is 30.1 Å². The first-order valence-corrected chi connectivity index (χ1v) is 10.2. The van der Waals surface area contributed by atoms with Gasteiger partial charge in [0, 0.05) is 55.4 Å². The highest BCUT2D eigenvalue weighted by atomic mass is 35.5. The van der Waals surface area contributed by atoms with Crippen LogP contribution >= 0.6 is 23.2 Å². The lowest BCUT2D eigenvalue weighted by molar-refractivity contribution is 0.0988. The monoisotopic (exact) mass is 420 g/mol. The van der Waals surface area contributed by atoms with Crippen molar-refractivity contribution < 1.29 is 9.59 Å². The first-order chi connectivity index (χ1) is 13.4. The van der Waals surface area contributed by atoms with Crippen molar-refractivity contribution in [2.24, 2.45) is 11.8 Å². The molecule has 0 aliphatic carbocycles. The Kier molecular flexibility index (Phi) is 5.45. The van der Waals surface area contributed by atoms with Crippen LogP contribution in [0.2, 0.25) is 10.0 Å². The van der Waals surface area contributed by atoms with Crippen LogP contribution in [0.4, 0.5) is 4.79 Å². The topological polar surface area (TPSA) is 58.4 Å². The van der Waals surface area contributed by atoms with Crippen LogP contribution in [0.25, 0.3) is 0 Å². The third kappa shape index (κ3) is 3.81. The lowest BCUT2D eigenvalue weighted by atomic mass is 10.0. The number of hydrogen-bond acceptors (Lipinski definition) is 4. The molecule has 8 heteroatoms. The molecule has 3 heterocycles. The number of carbonyl (C=O) groups excluding carboxylic acids is 2. The number of halogens is 2. The van der Waals surface area contributed by atoms with Crippen molar-refractivity contribution in [3.05, 3.63) is 51.8 Å². The van der Waals surface area contributed by atoms with Crippen molar-refractivity contribution in [3.63, 3.8) is 0 Å². The van der Waals surface area contributed by atoms with E-state index in [9.17, 15) is 9.59 Å². The molecular formula is C20H22Cl2N4O2. The molecule has 0 N–H and O–H groups in total. The van der Waals surface area contributed by atoms with Gasteiger partial charge in [0.05, 0.1) is 11.8 Å². The minimum atomic E-state index is -0.158. The second kappa shape index (κ2) is 7.85. The molecule has 2 aromatic rings. The van der Waals surface area contributed by atoms with Crippen LogP contribution in [-0.2, 0) is 6.54 Å². The van der Waals surface area contributed by atoms with E-state index in [-0.39, 0.29) is 11.8 Å². The molecule has 1 aromatic heterocycles. The highest BCUT2D eigenvalue weighted by Gasteiger charge is 2.42. The van der Waals surface area contributed by atoms with E-state index in [4.69, 9.17) is 23.2 Å². The maximum atomic E-state index is 12.7. The fourth-order valence-corrected chi connectivity index (χ4v) is 4.57. The number of rotatable bonds is 4. The molecule has 28 heavy (non-hydrogen) atoms. The van der Waals surface area contributed by atoms with Crippen molar-refractivity contribution in [1.82, 2.24) is 19.6 Å². The van der Waals surface area contributed by atoms with Crippen molar-refractivity contribution in [1.29, 1.82) is 0 Å². The summed E-state index contributed by atoms with van der Waals surface area (Å²) in [5.41, 5.74) is 1.52. The van der Waals surface area contributed by atoms with Gasteiger partial charge < -0.3 is 4.90 Å². The van der Waals surface area contributed by atoms with Gasteiger partial charge in [-0.3, -0.25) is 9.69 Å². The SMILES string of the molecule is CCC(=O)c1cnn(C(=O)N2CC3CN(Cc4cc(Cl)ccc4Cl)CC3C2)c1. The number of hydrogen-bond donors (Lipinski definition) is 0. The zero-order chi connectivity index (χ0) is 19.8. The van der Waals surface area contributed by atoms with Crippen LogP contribution in [-0.4, -0.2) is 57.6 Å². The maximum absolute atomic E-state index is 12.7. The van der Waals surface area contributed by atoms with Crippen LogP contribution in [0.1, 0.15) is 29.3 Å². The molecule has 2 aliphatic heterocycles. The zero-order valence-electron chi connectivity index (χ0n) is 15.6. The fourth-order valence-electron chi connectivity index (χ4n) is 4.20. The Morgan fingerprint density at radius 3 is 2.54 bits per heavy atom. The number of nitrogens with zero attached hydrogens (tertiary/aromatic N) is 4. The summed E-state index contributed by atoms with van der Waals surface area (Å²) < 4.78 is 1.29. The smallest absolute Gasteiger partial charge is 0.322 e. The van der Waals surface area contributed by atoms with Crippen molar-refractivity contribution >= 4 is 35.0 Å². The summed E-state index contributed by atoms with van der Waals surface area (Å²) in [5.74, 6) is 0.871. The second-order valence-corrected chi connectivity index (χ2v) is 8.43. The van der Waals surface area contributed by atoms with E-state index in [2.05, 4.69) is 10.00 Å². The van der Waals surface area contributed by atoms with Crippen LogP contribution < -0.4 is 0 Å². The van der Waals surface area contributed by atoms with Gasteiger partial charge in [0.1, 0.15) is 0 Å². The normalized spacial score (nSPS) is 21.9. The van der Waals surface area contributed by atoms with Gasteiger partial charge in [-0.05, 0) is 35.6 Å². The van der Waals surface area contributed by atoms with E-state index in [1.807, 2.05) is 17.0 Å². The van der Waals surface area contributed by atoms with Gasteiger partial charge >= 0.3 is 6.03 Å². The van der Waals surface area contributed by atoms with Crippen molar-refractivity contribution in [2.75, 3.05) is 26.2 Å². The molecule has 2 atom stereocenters. The average molecular weight is 421 g/mol. The predicted octanol–water partition coefficient (Wildman–Crippen LogP) is 3.81. The molecule has 1 amide bonds. The fraction of sp³-hybridized carbons (Fsp3) is 0.450. The molecule has 0 bridgehead atoms. The number of amides is 1. The number of carbonyl (C=O) groups is 2. The van der Waals surface area contributed by atoms with E-state index in [0.29, 0.717) is 41.9 Å². The molecule has 2 saturated heterocycles. The Morgan fingerprint density at radius 2 is 1.86 bits per heavy atom. The van der Waals surface area contributed by atoms with Crippen molar-refractivity contribution in [2.45, 2.75) is 19.9 Å². The minimum Gasteiger partial charge on any atom is -0.322 e. The summed E-state index contributed by atoms with van der Waals surface area (Å²) >= 11 is 12.4. The second-order valence-electron chi connectivity index (χ2n) is 7.59. The summed E-state index contributed by atoms with van der Waals surface area (Å²) in [7, 11) is 0. The lowest BCUT2D eigenvalue weighted by Gasteiger charge is -2.21. The van der Waals surface area contributed by atoms with E-state index in [1.165, 1.54) is 17.1 Å². The molecule has 2 fully saturated rings. The predicted molar refractivity (Wildman–Crippen MR) is 108 cm³/mol. The van der Waals surface area contributed by atoms with Crippen LogP contribution in [0.3, 0.4) is 0 Å². The largest absolute Gasteiger partial charge is 0.344 e. The highest BCUT2D eigenvalue weighted by molar-refractivity contribution is 6.33. The third-order valence-electron chi connectivity index (χ3n) is 5.66. The molecule has 0 radical (unpaired) electrons. The molecule has 4 rings (SSSR count). The molecule has 0 saturated carbocycles. The Hall–Kier alpha value is -1.89. The third-order valence-corrected chi connectivity index (χ3v) is 6.26. The molecule has 1 aromatic carbocycles. The lowest BCUT2D eigenvalue weighted by Crippen LogP contribution is -2.36. The summed E-state index contributed by atoms with van der Waals surface area (Å²) in [4.78, 5) is 28.7. The Balaban J connectivity index is 1.36. The first kappa shape index (κ1) is 19.4. The number of aromatic nitrogens is 2. The molecule has 2 aliphatic rings. The van der Waals surface area contributed by atoms with Crippen LogP contribution in [0.5, 0.6) is 0 Å². The molecule has 0 spiro atoms. The number of Topliss-reactive ketones (excluding diaryl/α,β-unsaturated/α-hetero) is 1. The summed E-state index contributed by atoms with van der Waals surface area (Å²) in [6.45, 7) is 5.83. The standard InChI is InChI=1S/C20H22Cl2N4O2/c1-2-19(27)14-6-23-26(12-14)20(28)25-10-15-8-24(9-16(15)11-25)7-13-5-17(21)3-4-18(13)22/h3-6,12,15-16H,2,7-11H2,1H3. The van der Waals surface area contributed by atoms with Gasteiger partial charge in [-0.15, -0.1) is 0 Å². The number of benzene rings is 1. The van der Waals surface area contributed by atoms with Gasteiger partial charge in [0.25, 0.3) is 0 Å². The maximum Gasteiger partial charge on any atom is 0.344 e. The average Bonchev–Trinajstić information content (AvgIpc) is 3.38.